The number of rotatable bonds is 10. The van der Waals surface area contributed by atoms with Gasteiger partial charge in [0.1, 0.15) is 17.4 Å². The first-order valence-electron chi connectivity index (χ1n) is 11.6. The maximum Gasteiger partial charge on any atom is 0.326 e. The fourth-order valence-electron chi connectivity index (χ4n) is 3.77. The fraction of sp³-hybridized carbons (Fsp3) is 0.321. The Kier molecular flexibility index (Phi) is 8.47. The molecule has 1 heterocycles. The maximum atomic E-state index is 12.8. The third kappa shape index (κ3) is 7.57. The summed E-state index contributed by atoms with van der Waals surface area (Å²) in [5.74, 6) is -1.83. The number of amides is 1. The average Bonchev–Trinajstić information content (AvgIpc) is 3.28. The quantitative estimate of drug-likeness (QED) is 0.391. The number of carbonyl (C=O) groups excluding carboxylic acids is 2. The van der Waals surface area contributed by atoms with Crippen LogP contribution in [-0.4, -0.2) is 34.6 Å². The third-order valence-electron chi connectivity index (χ3n) is 5.30. The summed E-state index contributed by atoms with van der Waals surface area (Å²) in [5.41, 5.74) is 1.40. The smallest absolute Gasteiger partial charge is 0.326 e. The van der Waals surface area contributed by atoms with Crippen molar-refractivity contribution in [3.05, 3.63) is 95.4 Å². The second kappa shape index (κ2) is 11.5. The van der Waals surface area contributed by atoms with Gasteiger partial charge < -0.3 is 19.6 Å². The van der Waals surface area contributed by atoms with Crippen LogP contribution in [0.1, 0.15) is 73.4 Å². The van der Waals surface area contributed by atoms with Crippen molar-refractivity contribution in [1.82, 2.24) is 5.32 Å². The van der Waals surface area contributed by atoms with Crippen LogP contribution in [0.25, 0.3) is 0 Å². The van der Waals surface area contributed by atoms with E-state index in [1.807, 2.05) is 60.7 Å². The monoisotopic (exact) mass is 477 g/mol. The van der Waals surface area contributed by atoms with Crippen LogP contribution in [0.15, 0.2) is 77.2 Å². The van der Waals surface area contributed by atoms with Crippen LogP contribution in [0.4, 0.5) is 0 Å². The van der Waals surface area contributed by atoms with E-state index in [4.69, 9.17) is 9.15 Å². The summed E-state index contributed by atoms with van der Waals surface area (Å²) in [6.07, 6.45) is 0.418. The summed E-state index contributed by atoms with van der Waals surface area (Å²) in [6.45, 7) is 5.30. The van der Waals surface area contributed by atoms with E-state index >= 15 is 0 Å². The standard InChI is InChI=1S/C28H31NO6/c1-28(2,3)35-24(30)16-10-15-21(27(32)33)29-26(31)23-18-17-22(34-23)25(19-11-6-4-7-12-19)20-13-8-5-9-14-20/h4-9,11-14,17-18,21,25H,10,15-16H2,1-3H3,(H,29,31)(H,32,33)/t21-/m0/s1. The van der Waals surface area contributed by atoms with Crippen LogP contribution in [0.2, 0.25) is 0 Å². The number of aliphatic carboxylic acids is 1. The highest BCUT2D eigenvalue weighted by molar-refractivity contribution is 5.94. The summed E-state index contributed by atoms with van der Waals surface area (Å²) in [6, 6.07) is 21.7. The number of nitrogens with one attached hydrogen (secondary N) is 1. The molecule has 35 heavy (non-hydrogen) atoms. The lowest BCUT2D eigenvalue weighted by atomic mass is 9.89. The van der Waals surface area contributed by atoms with Gasteiger partial charge in [0.15, 0.2) is 5.76 Å². The first-order chi connectivity index (χ1) is 16.6. The predicted octanol–water partition coefficient (Wildman–Crippen LogP) is 5.15. The molecule has 0 spiro atoms. The lowest BCUT2D eigenvalue weighted by Gasteiger charge is -2.20. The first-order valence-corrected chi connectivity index (χ1v) is 11.6. The lowest BCUT2D eigenvalue weighted by Crippen LogP contribution is -2.40. The van der Waals surface area contributed by atoms with Crippen LogP contribution >= 0.6 is 0 Å². The van der Waals surface area contributed by atoms with Gasteiger partial charge in [0.05, 0.1) is 5.92 Å². The van der Waals surface area contributed by atoms with E-state index in [-0.39, 0.29) is 30.9 Å². The Labute approximate surface area is 205 Å². The molecule has 3 aromatic rings. The molecule has 0 unspecified atom stereocenters. The number of furan rings is 1. The summed E-state index contributed by atoms with van der Waals surface area (Å²) in [4.78, 5) is 36.4. The average molecular weight is 478 g/mol. The highest BCUT2D eigenvalue weighted by Gasteiger charge is 2.25. The van der Waals surface area contributed by atoms with Gasteiger partial charge in [-0.25, -0.2) is 4.79 Å². The van der Waals surface area contributed by atoms with Gasteiger partial charge in [-0.15, -0.1) is 0 Å². The number of hydrogen-bond donors (Lipinski definition) is 2. The Balaban J connectivity index is 1.70. The SMILES string of the molecule is CC(C)(C)OC(=O)CCC[C@H](NC(=O)c1ccc(C(c2ccccc2)c2ccccc2)o1)C(=O)O. The molecule has 0 saturated heterocycles. The van der Waals surface area contributed by atoms with Crippen molar-refractivity contribution >= 4 is 17.8 Å². The predicted molar refractivity (Wildman–Crippen MR) is 131 cm³/mol. The number of ether oxygens (including phenoxy) is 1. The zero-order valence-electron chi connectivity index (χ0n) is 20.2. The number of carbonyl (C=O) groups is 3. The van der Waals surface area contributed by atoms with Gasteiger partial charge in [-0.05, 0) is 56.9 Å². The van der Waals surface area contributed by atoms with Gasteiger partial charge in [-0.3, -0.25) is 9.59 Å². The van der Waals surface area contributed by atoms with E-state index < -0.39 is 29.5 Å². The van der Waals surface area contributed by atoms with Crippen molar-refractivity contribution in [2.24, 2.45) is 0 Å². The molecule has 7 heteroatoms. The fourth-order valence-corrected chi connectivity index (χ4v) is 3.77. The summed E-state index contributed by atoms with van der Waals surface area (Å²) in [7, 11) is 0. The van der Waals surface area contributed by atoms with Crippen LogP contribution in [0.5, 0.6) is 0 Å². The van der Waals surface area contributed by atoms with Gasteiger partial charge in [-0.1, -0.05) is 60.7 Å². The number of carboxylic acids is 1. The summed E-state index contributed by atoms with van der Waals surface area (Å²) < 4.78 is 11.2. The number of carboxylic acid groups (broad SMARTS) is 1. The normalized spacial score (nSPS) is 12.2. The highest BCUT2D eigenvalue weighted by atomic mass is 16.6. The van der Waals surface area contributed by atoms with Crippen LogP contribution in [-0.2, 0) is 14.3 Å². The van der Waals surface area contributed by atoms with Gasteiger partial charge in [0.2, 0.25) is 0 Å². The minimum absolute atomic E-state index is 0.0234. The molecule has 0 aliphatic rings. The first kappa shape index (κ1) is 25.7. The molecule has 2 N–H and O–H groups in total. The molecule has 1 amide bonds. The van der Waals surface area contributed by atoms with Gasteiger partial charge in [0, 0.05) is 6.42 Å². The molecule has 2 aromatic carbocycles. The maximum absolute atomic E-state index is 12.8. The topological polar surface area (TPSA) is 106 Å². The van der Waals surface area contributed by atoms with E-state index in [2.05, 4.69) is 5.32 Å². The zero-order valence-corrected chi connectivity index (χ0v) is 20.2. The summed E-state index contributed by atoms with van der Waals surface area (Å²) in [5, 5.41) is 12.1. The summed E-state index contributed by atoms with van der Waals surface area (Å²) >= 11 is 0. The Bertz CT molecular complexity index is 1090. The molecule has 1 aromatic heterocycles. The van der Waals surface area contributed by atoms with Crippen molar-refractivity contribution in [3.63, 3.8) is 0 Å². The number of hydrogen-bond acceptors (Lipinski definition) is 5. The van der Waals surface area contributed by atoms with E-state index in [9.17, 15) is 19.5 Å². The molecule has 0 bridgehead atoms. The Morgan fingerprint density at radius 2 is 1.49 bits per heavy atom. The Morgan fingerprint density at radius 1 is 0.914 bits per heavy atom. The molecular formula is C28H31NO6. The molecule has 0 saturated carbocycles. The lowest BCUT2D eigenvalue weighted by molar-refractivity contribution is -0.155. The number of esters is 1. The molecule has 184 valence electrons. The van der Waals surface area contributed by atoms with Crippen molar-refractivity contribution in [2.75, 3.05) is 0 Å². The third-order valence-corrected chi connectivity index (χ3v) is 5.30. The second-order valence-corrected chi connectivity index (χ2v) is 9.30. The number of benzene rings is 2. The van der Waals surface area contributed by atoms with Crippen molar-refractivity contribution in [3.8, 4) is 0 Å². The van der Waals surface area contributed by atoms with Crippen molar-refractivity contribution in [1.29, 1.82) is 0 Å². The van der Waals surface area contributed by atoms with Gasteiger partial charge >= 0.3 is 11.9 Å². The zero-order chi connectivity index (χ0) is 25.4. The largest absolute Gasteiger partial charge is 0.480 e. The van der Waals surface area contributed by atoms with E-state index in [1.54, 1.807) is 32.9 Å². The molecule has 1 atom stereocenters. The molecule has 0 radical (unpaired) electrons. The molecular weight excluding hydrogens is 446 g/mol. The van der Waals surface area contributed by atoms with Gasteiger partial charge in [0.25, 0.3) is 5.91 Å². The van der Waals surface area contributed by atoms with Crippen LogP contribution in [0.3, 0.4) is 0 Å². The van der Waals surface area contributed by atoms with Crippen molar-refractivity contribution in [2.45, 2.75) is 57.6 Å². The van der Waals surface area contributed by atoms with Crippen LogP contribution in [0, 0.1) is 0 Å². The van der Waals surface area contributed by atoms with E-state index in [1.165, 1.54) is 0 Å². The van der Waals surface area contributed by atoms with Crippen molar-refractivity contribution < 1.29 is 28.6 Å². The van der Waals surface area contributed by atoms with Gasteiger partial charge in [-0.2, -0.15) is 0 Å². The van der Waals surface area contributed by atoms with E-state index in [0.717, 1.165) is 11.1 Å². The molecule has 3 rings (SSSR count). The molecule has 0 aliphatic heterocycles. The minimum atomic E-state index is -1.18. The molecule has 0 aliphatic carbocycles. The Hall–Kier alpha value is -3.87. The van der Waals surface area contributed by atoms with Crippen LogP contribution < -0.4 is 5.32 Å². The minimum Gasteiger partial charge on any atom is -0.480 e. The molecule has 7 nitrogen and oxygen atoms in total. The Morgan fingerprint density at radius 3 is 2.00 bits per heavy atom. The van der Waals surface area contributed by atoms with E-state index in [0.29, 0.717) is 5.76 Å². The molecule has 0 fully saturated rings. The highest BCUT2D eigenvalue weighted by Crippen LogP contribution is 2.32. The second-order valence-electron chi connectivity index (χ2n) is 9.30.